The van der Waals surface area contributed by atoms with Gasteiger partial charge in [-0.1, -0.05) is 18.2 Å². The summed E-state index contributed by atoms with van der Waals surface area (Å²) in [5, 5.41) is 4.38. The Morgan fingerprint density at radius 2 is 2.00 bits per heavy atom. The Morgan fingerprint density at radius 1 is 1.29 bits per heavy atom. The fraction of sp³-hybridized carbons (Fsp3) is 0.375. The van der Waals surface area contributed by atoms with Gasteiger partial charge in [0, 0.05) is 12.6 Å². The smallest absolute Gasteiger partial charge is 0.303 e. The van der Waals surface area contributed by atoms with E-state index in [0.29, 0.717) is 13.2 Å². The molecule has 0 radical (unpaired) electrons. The molecule has 0 spiro atoms. The minimum Gasteiger partial charge on any atom is -0.490 e. The van der Waals surface area contributed by atoms with Gasteiger partial charge >= 0.3 is 5.97 Å². The van der Waals surface area contributed by atoms with E-state index in [1.165, 1.54) is 6.92 Å². The van der Waals surface area contributed by atoms with Gasteiger partial charge in [-0.3, -0.25) is 9.48 Å². The Bertz CT molecular complexity index is 593. The molecule has 0 bridgehead atoms. The Kier molecular flexibility index (Phi) is 4.98. The second-order valence-electron chi connectivity index (χ2n) is 4.96. The van der Waals surface area contributed by atoms with Gasteiger partial charge in [-0.25, -0.2) is 0 Å². The molecule has 0 saturated carbocycles. The monoisotopic (exact) mass is 288 g/mol. The van der Waals surface area contributed by atoms with Gasteiger partial charge in [-0.15, -0.1) is 0 Å². The summed E-state index contributed by atoms with van der Waals surface area (Å²) in [5.74, 6) is 0.432. The highest BCUT2D eigenvalue weighted by molar-refractivity contribution is 5.66. The number of rotatable bonds is 6. The van der Waals surface area contributed by atoms with E-state index < -0.39 is 0 Å². The Labute approximate surface area is 124 Å². The molecule has 0 saturated heterocycles. The molecule has 5 nitrogen and oxygen atoms in total. The lowest BCUT2D eigenvalue weighted by Crippen LogP contribution is -2.29. The standard InChI is InChI=1S/C16H20N2O3/c1-12-9-13(2)18(17-12)10-16(21-14(3)19)11-20-15-7-5-4-6-8-15/h4-9,16H,10-11H2,1-3H3/t16-/m1/s1. The average molecular weight is 288 g/mol. The minimum absolute atomic E-state index is 0.294. The third kappa shape index (κ3) is 4.63. The second kappa shape index (κ2) is 6.92. The van der Waals surface area contributed by atoms with Crippen molar-refractivity contribution in [3.8, 4) is 5.75 Å². The summed E-state index contributed by atoms with van der Waals surface area (Å²) < 4.78 is 12.8. The van der Waals surface area contributed by atoms with Crippen LogP contribution in [0.25, 0.3) is 0 Å². The van der Waals surface area contributed by atoms with Crippen molar-refractivity contribution in [3.63, 3.8) is 0 Å². The van der Waals surface area contributed by atoms with Crippen LogP contribution in [0.2, 0.25) is 0 Å². The highest BCUT2D eigenvalue weighted by atomic mass is 16.6. The molecule has 0 aliphatic carbocycles. The van der Waals surface area contributed by atoms with Crippen LogP contribution in [0.5, 0.6) is 5.75 Å². The van der Waals surface area contributed by atoms with Crippen LogP contribution in [-0.2, 0) is 16.1 Å². The fourth-order valence-electron chi connectivity index (χ4n) is 2.12. The summed E-state index contributed by atoms with van der Waals surface area (Å²) in [7, 11) is 0. The lowest BCUT2D eigenvalue weighted by atomic mass is 10.3. The predicted molar refractivity (Wildman–Crippen MR) is 79.2 cm³/mol. The zero-order valence-electron chi connectivity index (χ0n) is 12.6. The lowest BCUT2D eigenvalue weighted by Gasteiger charge is -2.18. The minimum atomic E-state index is -0.374. The van der Waals surface area contributed by atoms with Crippen molar-refractivity contribution in [2.45, 2.75) is 33.4 Å². The third-order valence-corrected chi connectivity index (χ3v) is 2.99. The molecule has 1 heterocycles. The van der Waals surface area contributed by atoms with Gasteiger partial charge in [0.05, 0.1) is 12.2 Å². The fourth-order valence-corrected chi connectivity index (χ4v) is 2.12. The maximum atomic E-state index is 11.2. The highest BCUT2D eigenvalue weighted by Gasteiger charge is 2.16. The zero-order valence-corrected chi connectivity index (χ0v) is 12.6. The van der Waals surface area contributed by atoms with Crippen LogP contribution < -0.4 is 4.74 Å². The van der Waals surface area contributed by atoms with Gasteiger partial charge in [0.2, 0.25) is 0 Å². The molecule has 1 aromatic carbocycles. The number of hydrogen-bond donors (Lipinski definition) is 0. The first kappa shape index (κ1) is 15.1. The van der Waals surface area contributed by atoms with Crippen molar-refractivity contribution in [1.82, 2.24) is 9.78 Å². The number of ether oxygens (including phenoxy) is 2. The summed E-state index contributed by atoms with van der Waals surface area (Å²) in [6.45, 7) is 6.08. The first-order chi connectivity index (χ1) is 10.0. The Hall–Kier alpha value is -2.30. The molecule has 0 amide bonds. The number of esters is 1. The molecular formula is C16H20N2O3. The number of carbonyl (C=O) groups excluding carboxylic acids is 1. The molecule has 1 atom stereocenters. The number of aromatic nitrogens is 2. The molecule has 0 aliphatic heterocycles. The van der Waals surface area contributed by atoms with E-state index in [9.17, 15) is 4.79 Å². The maximum Gasteiger partial charge on any atom is 0.303 e. The molecular weight excluding hydrogens is 268 g/mol. The number of hydrogen-bond acceptors (Lipinski definition) is 4. The molecule has 0 unspecified atom stereocenters. The van der Waals surface area contributed by atoms with Crippen LogP contribution >= 0.6 is 0 Å². The van der Waals surface area contributed by atoms with Gasteiger partial charge in [-0.05, 0) is 32.0 Å². The lowest BCUT2D eigenvalue weighted by molar-refractivity contribution is -0.148. The summed E-state index contributed by atoms with van der Waals surface area (Å²) >= 11 is 0. The topological polar surface area (TPSA) is 53.4 Å². The second-order valence-corrected chi connectivity index (χ2v) is 4.96. The molecule has 2 aromatic rings. The first-order valence-electron chi connectivity index (χ1n) is 6.90. The van der Waals surface area contributed by atoms with Crippen molar-refractivity contribution in [1.29, 1.82) is 0 Å². The number of benzene rings is 1. The van der Waals surface area contributed by atoms with Gasteiger partial charge in [-0.2, -0.15) is 5.10 Å². The van der Waals surface area contributed by atoms with E-state index >= 15 is 0 Å². The SMILES string of the molecule is CC(=O)O[C@@H](COc1ccccc1)Cn1nc(C)cc1C. The summed E-state index contributed by atoms with van der Waals surface area (Å²) in [6, 6.07) is 11.5. The molecule has 0 fully saturated rings. The molecule has 1 aromatic heterocycles. The van der Waals surface area contributed by atoms with E-state index in [1.807, 2.05) is 54.9 Å². The highest BCUT2D eigenvalue weighted by Crippen LogP contribution is 2.11. The van der Waals surface area contributed by atoms with Crippen molar-refractivity contribution in [2.75, 3.05) is 6.61 Å². The van der Waals surface area contributed by atoms with Crippen LogP contribution in [0.4, 0.5) is 0 Å². The van der Waals surface area contributed by atoms with Crippen LogP contribution in [0, 0.1) is 13.8 Å². The number of aryl methyl sites for hydroxylation is 2. The summed E-state index contributed by atoms with van der Waals surface area (Å²) in [6.07, 6.45) is -0.374. The van der Waals surface area contributed by atoms with E-state index in [4.69, 9.17) is 9.47 Å². The Balaban J connectivity index is 2.00. The van der Waals surface area contributed by atoms with Crippen LogP contribution in [0.1, 0.15) is 18.3 Å². The molecule has 2 rings (SSSR count). The number of para-hydroxylation sites is 1. The third-order valence-electron chi connectivity index (χ3n) is 2.99. The predicted octanol–water partition coefficient (Wildman–Crippen LogP) is 2.51. The Morgan fingerprint density at radius 3 is 2.57 bits per heavy atom. The number of carbonyl (C=O) groups is 1. The average Bonchev–Trinajstić information content (AvgIpc) is 2.75. The first-order valence-corrected chi connectivity index (χ1v) is 6.90. The van der Waals surface area contributed by atoms with E-state index in [1.54, 1.807) is 0 Å². The molecule has 21 heavy (non-hydrogen) atoms. The zero-order chi connectivity index (χ0) is 15.2. The van der Waals surface area contributed by atoms with E-state index in [-0.39, 0.29) is 12.1 Å². The van der Waals surface area contributed by atoms with Crippen LogP contribution in [0.3, 0.4) is 0 Å². The van der Waals surface area contributed by atoms with Crippen LogP contribution in [-0.4, -0.2) is 28.5 Å². The maximum absolute atomic E-state index is 11.2. The van der Waals surface area contributed by atoms with Crippen LogP contribution in [0.15, 0.2) is 36.4 Å². The van der Waals surface area contributed by atoms with Gasteiger partial charge < -0.3 is 9.47 Å². The quantitative estimate of drug-likeness (QED) is 0.766. The van der Waals surface area contributed by atoms with Gasteiger partial charge in [0.1, 0.15) is 12.4 Å². The van der Waals surface area contributed by atoms with Crippen molar-refractivity contribution >= 4 is 5.97 Å². The van der Waals surface area contributed by atoms with Crippen molar-refractivity contribution < 1.29 is 14.3 Å². The largest absolute Gasteiger partial charge is 0.490 e. The molecule has 0 N–H and O–H groups in total. The van der Waals surface area contributed by atoms with Gasteiger partial charge in [0.15, 0.2) is 6.10 Å². The van der Waals surface area contributed by atoms with Crippen molar-refractivity contribution in [3.05, 3.63) is 47.8 Å². The van der Waals surface area contributed by atoms with Crippen molar-refractivity contribution in [2.24, 2.45) is 0 Å². The molecule has 112 valence electrons. The summed E-state index contributed by atoms with van der Waals surface area (Å²) in [4.78, 5) is 11.2. The van der Waals surface area contributed by atoms with Gasteiger partial charge in [0.25, 0.3) is 0 Å². The van der Waals surface area contributed by atoms with E-state index in [0.717, 1.165) is 17.1 Å². The number of nitrogens with zero attached hydrogens (tertiary/aromatic N) is 2. The van der Waals surface area contributed by atoms with E-state index in [2.05, 4.69) is 5.10 Å². The summed E-state index contributed by atoms with van der Waals surface area (Å²) in [5.41, 5.74) is 1.97. The normalized spacial score (nSPS) is 12.0. The molecule has 5 heteroatoms. The molecule has 0 aliphatic rings.